The van der Waals surface area contributed by atoms with Crippen LogP contribution in [0.15, 0.2) is 11.4 Å². The summed E-state index contributed by atoms with van der Waals surface area (Å²) in [5.41, 5.74) is 0.770. The van der Waals surface area contributed by atoms with Gasteiger partial charge in [-0.15, -0.1) is 11.3 Å². The van der Waals surface area contributed by atoms with Crippen LogP contribution in [-0.4, -0.2) is 11.9 Å². The molecule has 0 fully saturated rings. The Labute approximate surface area is 104 Å². The normalized spacial score (nSPS) is 8.50. The molecule has 1 aromatic rings. The third-order valence-electron chi connectivity index (χ3n) is 1.41. The summed E-state index contributed by atoms with van der Waals surface area (Å²) in [6, 6.07) is 2.11. The summed E-state index contributed by atoms with van der Waals surface area (Å²) < 4.78 is 0. The highest BCUT2D eigenvalue weighted by molar-refractivity contribution is 7.10. The van der Waals surface area contributed by atoms with Crippen LogP contribution in [0.25, 0.3) is 0 Å². The van der Waals surface area contributed by atoms with Gasteiger partial charge in [0.05, 0.1) is 5.56 Å². The van der Waals surface area contributed by atoms with Crippen LogP contribution in [0.4, 0.5) is 0 Å². The molecule has 0 spiro atoms. The fourth-order valence-electron chi connectivity index (χ4n) is 0.908. The predicted octanol–water partition coefficient (Wildman–Crippen LogP) is 4.25. The summed E-state index contributed by atoms with van der Waals surface area (Å²) in [4.78, 5) is 12.5. The van der Waals surface area contributed by atoms with Gasteiger partial charge in [0.15, 0.2) is 0 Å². The van der Waals surface area contributed by atoms with Gasteiger partial charge in [0.25, 0.3) is 5.91 Å². The summed E-state index contributed by atoms with van der Waals surface area (Å²) >= 11 is 1.60. The maximum Gasteiger partial charge on any atom is 0.252 e. The highest BCUT2D eigenvalue weighted by atomic mass is 32.1. The Morgan fingerprint density at radius 3 is 2.06 bits per heavy atom. The van der Waals surface area contributed by atoms with Crippen molar-refractivity contribution in [2.24, 2.45) is 0 Å². The molecular weight excluding hydrogens is 218 g/mol. The van der Waals surface area contributed by atoms with Crippen molar-refractivity contribution in [3.63, 3.8) is 0 Å². The smallest absolute Gasteiger partial charge is 0.252 e. The van der Waals surface area contributed by atoms with Gasteiger partial charge >= 0.3 is 0 Å². The van der Waals surface area contributed by atoms with Crippen molar-refractivity contribution in [3.05, 3.63) is 21.9 Å². The molecule has 0 aliphatic heterocycles. The zero-order valence-electron chi connectivity index (χ0n) is 11.5. The largest absolute Gasteiger partial charge is 0.350 e. The number of aryl methyl sites for hydroxylation is 1. The number of nitrogens with one attached hydrogen (secondary N) is 1. The van der Waals surface area contributed by atoms with Gasteiger partial charge in [0.1, 0.15) is 0 Å². The Bertz CT molecular complexity index is 279. The van der Waals surface area contributed by atoms with Crippen molar-refractivity contribution >= 4 is 17.2 Å². The maximum atomic E-state index is 11.4. The van der Waals surface area contributed by atoms with Crippen molar-refractivity contribution in [1.29, 1.82) is 0 Å². The first-order valence-corrected chi connectivity index (χ1v) is 6.83. The van der Waals surface area contributed by atoms with E-state index in [4.69, 9.17) is 0 Å². The molecule has 2 nitrogen and oxygen atoms in total. The van der Waals surface area contributed by atoms with Gasteiger partial charge in [-0.25, -0.2) is 0 Å². The first kappa shape index (κ1) is 17.6. The van der Waals surface area contributed by atoms with E-state index >= 15 is 0 Å². The summed E-state index contributed by atoms with van der Waals surface area (Å²) in [5, 5.41) is 4.72. The second-order valence-electron chi connectivity index (χ2n) is 3.07. The average Bonchev–Trinajstić information content (AvgIpc) is 2.70. The maximum absolute atomic E-state index is 11.4. The summed E-state index contributed by atoms with van der Waals surface area (Å²) in [7, 11) is 0. The Morgan fingerprint density at radius 2 is 1.75 bits per heavy atom. The third-order valence-corrected chi connectivity index (χ3v) is 2.27. The number of hydrogen-bond donors (Lipinski definition) is 1. The minimum absolute atomic E-state index is 0.0225. The average molecular weight is 243 g/mol. The number of hydrogen-bond acceptors (Lipinski definition) is 2. The second-order valence-corrected chi connectivity index (χ2v) is 4.19. The SMILES string of the molecule is CC.CC.Cc1cc(C(=O)NC(C)C)cs1. The van der Waals surface area contributed by atoms with Gasteiger partial charge in [-0.05, 0) is 26.8 Å². The van der Waals surface area contributed by atoms with Gasteiger partial charge in [-0.1, -0.05) is 27.7 Å². The van der Waals surface area contributed by atoms with E-state index in [2.05, 4.69) is 5.32 Å². The van der Waals surface area contributed by atoms with E-state index in [1.54, 1.807) is 11.3 Å². The van der Waals surface area contributed by atoms with Crippen LogP contribution in [0.3, 0.4) is 0 Å². The van der Waals surface area contributed by atoms with Gasteiger partial charge < -0.3 is 5.32 Å². The van der Waals surface area contributed by atoms with Crippen molar-refractivity contribution < 1.29 is 4.79 Å². The molecule has 0 aromatic carbocycles. The van der Waals surface area contributed by atoms with E-state index in [-0.39, 0.29) is 11.9 Å². The summed E-state index contributed by atoms with van der Waals surface area (Å²) in [6.07, 6.45) is 0. The highest BCUT2D eigenvalue weighted by Gasteiger charge is 2.07. The van der Waals surface area contributed by atoms with Gasteiger partial charge in [0.2, 0.25) is 0 Å². The Morgan fingerprint density at radius 1 is 1.25 bits per heavy atom. The van der Waals surface area contributed by atoms with E-state index in [0.717, 1.165) is 5.56 Å². The zero-order valence-corrected chi connectivity index (χ0v) is 12.4. The lowest BCUT2D eigenvalue weighted by atomic mass is 10.3. The number of amides is 1. The molecule has 0 radical (unpaired) electrons. The number of thiophene rings is 1. The third kappa shape index (κ3) is 7.46. The van der Waals surface area contributed by atoms with Crippen molar-refractivity contribution in [1.82, 2.24) is 5.32 Å². The van der Waals surface area contributed by atoms with Gasteiger partial charge in [0, 0.05) is 16.3 Å². The van der Waals surface area contributed by atoms with E-state index in [1.165, 1.54) is 4.88 Å². The van der Waals surface area contributed by atoms with Crippen molar-refractivity contribution in [2.45, 2.75) is 54.5 Å². The van der Waals surface area contributed by atoms with Crippen molar-refractivity contribution in [2.75, 3.05) is 0 Å². The Kier molecular flexibility index (Phi) is 11.7. The van der Waals surface area contributed by atoms with Crippen LogP contribution >= 0.6 is 11.3 Å². The molecule has 1 aromatic heterocycles. The molecule has 1 heterocycles. The van der Waals surface area contributed by atoms with Crippen LogP contribution in [0.2, 0.25) is 0 Å². The van der Waals surface area contributed by atoms with E-state index in [0.29, 0.717) is 0 Å². The highest BCUT2D eigenvalue weighted by Crippen LogP contribution is 2.12. The molecule has 0 aliphatic rings. The number of carbonyl (C=O) groups excluding carboxylic acids is 1. The standard InChI is InChI=1S/C9H13NOS.2C2H6/c1-6(2)10-9(11)8-4-7(3)12-5-8;2*1-2/h4-6H,1-3H3,(H,10,11);2*1-2H3. The van der Waals surface area contributed by atoms with E-state index in [9.17, 15) is 4.79 Å². The van der Waals surface area contributed by atoms with Crippen LogP contribution < -0.4 is 5.32 Å². The second kappa shape index (κ2) is 10.7. The molecule has 16 heavy (non-hydrogen) atoms. The molecule has 1 N–H and O–H groups in total. The Hall–Kier alpha value is -0.830. The van der Waals surface area contributed by atoms with Gasteiger partial charge in [-0.3, -0.25) is 4.79 Å². The van der Waals surface area contributed by atoms with Crippen LogP contribution in [-0.2, 0) is 0 Å². The molecule has 94 valence electrons. The van der Waals surface area contributed by atoms with Crippen LogP contribution in [0.1, 0.15) is 56.8 Å². The lowest BCUT2D eigenvalue weighted by Gasteiger charge is -2.05. The predicted molar refractivity (Wildman–Crippen MR) is 74.4 cm³/mol. The minimum atomic E-state index is 0.0225. The van der Waals surface area contributed by atoms with Gasteiger partial charge in [-0.2, -0.15) is 0 Å². The number of carbonyl (C=O) groups is 1. The topological polar surface area (TPSA) is 29.1 Å². The first-order chi connectivity index (χ1) is 7.59. The monoisotopic (exact) mass is 243 g/mol. The summed E-state index contributed by atoms with van der Waals surface area (Å²) in [6.45, 7) is 13.9. The quantitative estimate of drug-likeness (QED) is 0.826. The Balaban J connectivity index is 0. The molecular formula is C13H25NOS. The molecule has 0 atom stereocenters. The molecule has 0 unspecified atom stereocenters. The molecule has 0 saturated carbocycles. The minimum Gasteiger partial charge on any atom is -0.350 e. The first-order valence-electron chi connectivity index (χ1n) is 5.95. The zero-order chi connectivity index (χ0) is 13.1. The molecule has 1 rings (SSSR count). The van der Waals surface area contributed by atoms with E-state index in [1.807, 2.05) is 59.9 Å². The van der Waals surface area contributed by atoms with Crippen molar-refractivity contribution in [3.8, 4) is 0 Å². The van der Waals surface area contributed by atoms with Crippen LogP contribution in [0.5, 0.6) is 0 Å². The summed E-state index contributed by atoms with van der Waals surface area (Å²) in [5.74, 6) is 0.0225. The fourth-order valence-corrected chi connectivity index (χ4v) is 1.59. The van der Waals surface area contributed by atoms with Crippen LogP contribution in [0, 0.1) is 6.92 Å². The molecule has 0 saturated heterocycles. The molecule has 1 amide bonds. The van der Waals surface area contributed by atoms with E-state index < -0.39 is 0 Å². The molecule has 3 heteroatoms. The lowest BCUT2D eigenvalue weighted by Crippen LogP contribution is -2.29. The lowest BCUT2D eigenvalue weighted by molar-refractivity contribution is 0.0943. The fraction of sp³-hybridized carbons (Fsp3) is 0.615. The number of rotatable bonds is 2. The molecule has 0 bridgehead atoms. The molecule has 0 aliphatic carbocycles.